The normalized spacial score (nSPS) is 11.4. The van der Waals surface area contributed by atoms with E-state index in [2.05, 4.69) is 20.5 Å². The van der Waals surface area contributed by atoms with Crippen LogP contribution in [0.25, 0.3) is 21.8 Å². The summed E-state index contributed by atoms with van der Waals surface area (Å²) >= 11 is 0. The maximum absolute atomic E-state index is 12.4. The van der Waals surface area contributed by atoms with Gasteiger partial charge in [0.1, 0.15) is 5.69 Å². The fourth-order valence-corrected chi connectivity index (χ4v) is 2.88. The SMILES string of the molecule is Cc1nc(C(=O)N/N=C\c2ccccc2)cc2c1[nH]c1ccccc12. The number of para-hydroxylation sites is 1. The third kappa shape index (κ3) is 2.87. The summed E-state index contributed by atoms with van der Waals surface area (Å²) in [6.07, 6.45) is 1.61. The number of aromatic amines is 1. The highest BCUT2D eigenvalue weighted by molar-refractivity contribution is 6.10. The minimum absolute atomic E-state index is 0.331. The molecule has 1 amide bonds. The molecule has 0 atom stereocenters. The van der Waals surface area contributed by atoms with Crippen LogP contribution in [-0.2, 0) is 0 Å². The van der Waals surface area contributed by atoms with Gasteiger partial charge in [-0.05, 0) is 24.6 Å². The first kappa shape index (κ1) is 15.1. The number of carbonyl (C=O) groups excluding carboxylic acids is 1. The van der Waals surface area contributed by atoms with Gasteiger partial charge in [0, 0.05) is 16.3 Å². The van der Waals surface area contributed by atoms with E-state index >= 15 is 0 Å². The van der Waals surface area contributed by atoms with Crippen molar-refractivity contribution in [2.45, 2.75) is 6.92 Å². The van der Waals surface area contributed by atoms with Crippen LogP contribution >= 0.6 is 0 Å². The molecule has 0 radical (unpaired) electrons. The Morgan fingerprint density at radius 2 is 1.84 bits per heavy atom. The van der Waals surface area contributed by atoms with Gasteiger partial charge in [0.05, 0.1) is 17.4 Å². The van der Waals surface area contributed by atoms with Gasteiger partial charge in [-0.1, -0.05) is 48.5 Å². The Kier molecular flexibility index (Phi) is 3.74. The third-order valence-electron chi connectivity index (χ3n) is 4.09. The molecule has 2 aromatic carbocycles. The summed E-state index contributed by atoms with van der Waals surface area (Å²) in [6, 6.07) is 19.4. The van der Waals surface area contributed by atoms with Crippen molar-refractivity contribution in [1.29, 1.82) is 0 Å². The Hall–Kier alpha value is -3.47. The number of benzene rings is 2. The fraction of sp³-hybridized carbons (Fsp3) is 0.0500. The molecule has 25 heavy (non-hydrogen) atoms. The first-order chi connectivity index (χ1) is 12.2. The van der Waals surface area contributed by atoms with Gasteiger partial charge in [0.2, 0.25) is 0 Å². The molecule has 0 unspecified atom stereocenters. The minimum Gasteiger partial charge on any atom is -0.353 e. The number of H-pyrrole nitrogens is 1. The Labute approximate surface area is 144 Å². The Balaban J connectivity index is 1.65. The Morgan fingerprint density at radius 1 is 1.08 bits per heavy atom. The maximum atomic E-state index is 12.4. The van der Waals surface area contributed by atoms with Gasteiger partial charge in [0.15, 0.2) is 0 Å². The summed E-state index contributed by atoms with van der Waals surface area (Å²) in [6.45, 7) is 1.89. The molecule has 0 fully saturated rings. The highest BCUT2D eigenvalue weighted by Crippen LogP contribution is 2.27. The van der Waals surface area contributed by atoms with Crippen LogP contribution < -0.4 is 5.43 Å². The summed E-state index contributed by atoms with van der Waals surface area (Å²) in [5.41, 5.74) is 6.56. The van der Waals surface area contributed by atoms with E-state index in [1.807, 2.05) is 61.5 Å². The van der Waals surface area contributed by atoms with E-state index in [0.717, 1.165) is 33.1 Å². The maximum Gasteiger partial charge on any atom is 0.289 e. The van der Waals surface area contributed by atoms with Gasteiger partial charge >= 0.3 is 0 Å². The molecule has 0 aliphatic rings. The topological polar surface area (TPSA) is 70.1 Å². The minimum atomic E-state index is -0.331. The second-order valence-corrected chi connectivity index (χ2v) is 5.80. The molecular formula is C20H16N4O. The van der Waals surface area contributed by atoms with Crippen molar-refractivity contribution in [2.24, 2.45) is 5.10 Å². The molecule has 2 N–H and O–H groups in total. The molecule has 0 aliphatic heterocycles. The summed E-state index contributed by atoms with van der Waals surface area (Å²) in [5, 5.41) is 6.07. The first-order valence-corrected chi connectivity index (χ1v) is 7.99. The van der Waals surface area contributed by atoms with E-state index in [-0.39, 0.29) is 5.91 Å². The standard InChI is InChI=1S/C20H16N4O/c1-13-19-16(15-9-5-6-10-17(15)23-19)11-18(22-13)20(25)24-21-12-14-7-3-2-4-8-14/h2-12,23H,1H3,(H,24,25)/b21-12-. The number of rotatable bonds is 3. The van der Waals surface area contributed by atoms with Crippen LogP contribution in [0.2, 0.25) is 0 Å². The van der Waals surface area contributed by atoms with Crippen LogP contribution in [0.5, 0.6) is 0 Å². The summed E-state index contributed by atoms with van der Waals surface area (Å²) in [4.78, 5) is 20.1. The fourth-order valence-electron chi connectivity index (χ4n) is 2.88. The second kappa shape index (κ2) is 6.20. The molecule has 0 bridgehead atoms. The lowest BCUT2D eigenvalue weighted by atomic mass is 10.1. The number of aryl methyl sites for hydroxylation is 1. The quantitative estimate of drug-likeness (QED) is 0.444. The predicted octanol–water partition coefficient (Wildman–Crippen LogP) is 3.79. The van der Waals surface area contributed by atoms with Crippen LogP contribution in [0.4, 0.5) is 0 Å². The summed E-state index contributed by atoms with van der Waals surface area (Å²) < 4.78 is 0. The number of pyridine rings is 1. The van der Waals surface area contributed by atoms with Crippen LogP contribution in [0.1, 0.15) is 21.7 Å². The third-order valence-corrected chi connectivity index (χ3v) is 4.09. The number of hydrazone groups is 1. The Bertz CT molecular complexity index is 1100. The smallest absolute Gasteiger partial charge is 0.289 e. The average Bonchev–Trinajstić information content (AvgIpc) is 3.02. The van der Waals surface area contributed by atoms with Crippen LogP contribution in [0.15, 0.2) is 65.8 Å². The molecule has 5 nitrogen and oxygen atoms in total. The first-order valence-electron chi connectivity index (χ1n) is 7.99. The zero-order chi connectivity index (χ0) is 17.2. The lowest BCUT2D eigenvalue weighted by Gasteiger charge is -2.02. The van der Waals surface area contributed by atoms with Crippen molar-refractivity contribution in [3.63, 3.8) is 0 Å². The van der Waals surface area contributed by atoms with Crippen LogP contribution in [-0.4, -0.2) is 22.1 Å². The highest BCUT2D eigenvalue weighted by Gasteiger charge is 2.13. The molecule has 0 saturated heterocycles. The molecule has 5 heteroatoms. The summed E-state index contributed by atoms with van der Waals surface area (Å²) in [5.74, 6) is -0.331. The van der Waals surface area contributed by atoms with Crippen LogP contribution in [0.3, 0.4) is 0 Å². The van der Waals surface area contributed by atoms with E-state index in [4.69, 9.17) is 0 Å². The van der Waals surface area contributed by atoms with Crippen molar-refractivity contribution in [3.05, 3.63) is 77.6 Å². The molecule has 4 rings (SSSR count). The predicted molar refractivity (Wildman–Crippen MR) is 99.8 cm³/mol. The van der Waals surface area contributed by atoms with Crippen molar-refractivity contribution in [2.75, 3.05) is 0 Å². The lowest BCUT2D eigenvalue weighted by molar-refractivity contribution is 0.0950. The number of amides is 1. The van der Waals surface area contributed by atoms with Crippen molar-refractivity contribution in [1.82, 2.24) is 15.4 Å². The molecule has 2 heterocycles. The number of aromatic nitrogens is 2. The zero-order valence-corrected chi connectivity index (χ0v) is 13.7. The van der Waals surface area contributed by atoms with E-state index in [1.165, 1.54) is 0 Å². The van der Waals surface area contributed by atoms with E-state index < -0.39 is 0 Å². The number of hydrogen-bond acceptors (Lipinski definition) is 3. The largest absolute Gasteiger partial charge is 0.353 e. The van der Waals surface area contributed by atoms with Gasteiger partial charge in [-0.15, -0.1) is 0 Å². The highest BCUT2D eigenvalue weighted by atomic mass is 16.2. The van der Waals surface area contributed by atoms with Crippen molar-refractivity contribution in [3.8, 4) is 0 Å². The number of fused-ring (bicyclic) bond motifs is 3. The molecule has 0 saturated carbocycles. The number of nitrogens with zero attached hydrogens (tertiary/aromatic N) is 2. The van der Waals surface area contributed by atoms with Crippen molar-refractivity contribution < 1.29 is 4.79 Å². The van der Waals surface area contributed by atoms with Gasteiger partial charge in [-0.25, -0.2) is 10.4 Å². The van der Waals surface area contributed by atoms with Gasteiger partial charge in [-0.2, -0.15) is 5.10 Å². The summed E-state index contributed by atoms with van der Waals surface area (Å²) in [7, 11) is 0. The molecule has 2 aromatic heterocycles. The van der Waals surface area contributed by atoms with E-state index in [0.29, 0.717) is 5.69 Å². The van der Waals surface area contributed by atoms with E-state index in [1.54, 1.807) is 12.3 Å². The number of carbonyl (C=O) groups is 1. The Morgan fingerprint density at radius 3 is 2.68 bits per heavy atom. The zero-order valence-electron chi connectivity index (χ0n) is 13.7. The number of hydrogen-bond donors (Lipinski definition) is 2. The molecule has 122 valence electrons. The van der Waals surface area contributed by atoms with Gasteiger partial charge in [0.25, 0.3) is 5.91 Å². The molecule has 0 aliphatic carbocycles. The van der Waals surface area contributed by atoms with E-state index in [9.17, 15) is 4.79 Å². The van der Waals surface area contributed by atoms with Crippen molar-refractivity contribution >= 4 is 33.9 Å². The number of nitrogens with one attached hydrogen (secondary N) is 2. The average molecular weight is 328 g/mol. The van der Waals surface area contributed by atoms with Gasteiger partial charge < -0.3 is 4.98 Å². The molecule has 0 spiro atoms. The van der Waals surface area contributed by atoms with Crippen LogP contribution in [0, 0.1) is 6.92 Å². The second-order valence-electron chi connectivity index (χ2n) is 5.80. The monoisotopic (exact) mass is 328 g/mol. The molecular weight excluding hydrogens is 312 g/mol. The lowest BCUT2D eigenvalue weighted by Crippen LogP contribution is -2.19. The van der Waals surface area contributed by atoms with Gasteiger partial charge in [-0.3, -0.25) is 4.79 Å². The molecule has 4 aromatic rings.